The smallest absolute Gasteiger partial charge is 0.165 e. The van der Waals surface area contributed by atoms with Crippen LogP contribution in [0.2, 0.25) is 0 Å². The highest BCUT2D eigenvalue weighted by molar-refractivity contribution is 6.07. The monoisotopic (exact) mass is 333 g/mol. The van der Waals surface area contributed by atoms with Gasteiger partial charge in [-0.1, -0.05) is 30.3 Å². The number of anilines is 1. The van der Waals surface area contributed by atoms with Crippen LogP contribution in [0.15, 0.2) is 42.5 Å². The number of aryl methyl sites for hydroxylation is 1. The maximum atomic E-state index is 6.48. The van der Waals surface area contributed by atoms with Crippen LogP contribution in [0.25, 0.3) is 21.9 Å². The minimum absolute atomic E-state index is 0.254. The molecule has 128 valence electrons. The molecule has 0 fully saturated rings. The molecule has 0 radical (unpaired) electrons. The summed E-state index contributed by atoms with van der Waals surface area (Å²) in [5, 5.41) is 2.36. The summed E-state index contributed by atoms with van der Waals surface area (Å²) >= 11 is 0. The first-order valence-electron chi connectivity index (χ1n) is 8.58. The summed E-state index contributed by atoms with van der Waals surface area (Å²) in [6, 6.07) is 14.5. The Morgan fingerprint density at radius 1 is 1.12 bits per heavy atom. The highest BCUT2D eigenvalue weighted by atomic mass is 16.5. The molecular weight excluding hydrogens is 310 g/mol. The summed E-state index contributed by atoms with van der Waals surface area (Å²) in [6.07, 6.45) is 0.832. The quantitative estimate of drug-likeness (QED) is 0.662. The number of hydrogen-bond donors (Lipinski definition) is 1. The number of fused-ring (bicyclic) bond motifs is 3. The minimum atomic E-state index is -0.254. The number of rotatable bonds is 2. The van der Waals surface area contributed by atoms with E-state index < -0.39 is 0 Å². The van der Waals surface area contributed by atoms with Gasteiger partial charge in [-0.15, -0.1) is 0 Å². The second-order valence-corrected chi connectivity index (χ2v) is 7.37. The molecule has 25 heavy (non-hydrogen) atoms. The van der Waals surface area contributed by atoms with Crippen molar-refractivity contribution in [3.05, 3.63) is 53.6 Å². The van der Waals surface area contributed by atoms with Crippen molar-refractivity contribution in [2.45, 2.75) is 32.8 Å². The highest BCUT2D eigenvalue weighted by Crippen LogP contribution is 2.50. The first kappa shape index (κ1) is 15.8. The lowest BCUT2D eigenvalue weighted by molar-refractivity contribution is 0.134. The summed E-state index contributed by atoms with van der Waals surface area (Å²) in [5.74, 6) is 1.64. The normalized spacial score (nSPS) is 15.0. The predicted molar refractivity (Wildman–Crippen MR) is 103 cm³/mol. The Morgan fingerprint density at radius 3 is 2.52 bits per heavy atom. The second kappa shape index (κ2) is 5.41. The van der Waals surface area contributed by atoms with Gasteiger partial charge in [-0.2, -0.15) is 0 Å². The van der Waals surface area contributed by atoms with Crippen molar-refractivity contribution >= 4 is 16.5 Å². The van der Waals surface area contributed by atoms with Gasteiger partial charge in [0.05, 0.1) is 7.11 Å². The Hall–Kier alpha value is -2.68. The van der Waals surface area contributed by atoms with Gasteiger partial charge < -0.3 is 15.2 Å². The van der Waals surface area contributed by atoms with Crippen LogP contribution in [0.4, 0.5) is 5.69 Å². The lowest BCUT2D eigenvalue weighted by Crippen LogP contribution is -2.24. The molecule has 3 nitrogen and oxygen atoms in total. The SMILES string of the molecule is COc1cc2c(C)cc(N)c(-c3ccccc3)c2c2c1OC(C)(C)C2. The summed E-state index contributed by atoms with van der Waals surface area (Å²) in [6.45, 7) is 6.32. The van der Waals surface area contributed by atoms with Gasteiger partial charge in [0.1, 0.15) is 5.60 Å². The molecule has 0 amide bonds. The Labute approximate surface area is 148 Å². The fourth-order valence-electron chi connectivity index (χ4n) is 3.90. The molecule has 0 unspecified atom stereocenters. The number of ether oxygens (including phenoxy) is 2. The summed E-state index contributed by atoms with van der Waals surface area (Å²) < 4.78 is 11.9. The van der Waals surface area contributed by atoms with Crippen molar-refractivity contribution in [2.75, 3.05) is 12.8 Å². The van der Waals surface area contributed by atoms with Crippen molar-refractivity contribution in [3.63, 3.8) is 0 Å². The van der Waals surface area contributed by atoms with Crippen LogP contribution in [0.1, 0.15) is 25.0 Å². The Morgan fingerprint density at radius 2 is 1.84 bits per heavy atom. The van der Waals surface area contributed by atoms with Crippen LogP contribution in [-0.2, 0) is 6.42 Å². The maximum absolute atomic E-state index is 6.48. The van der Waals surface area contributed by atoms with Crippen LogP contribution in [0.5, 0.6) is 11.5 Å². The number of methoxy groups -OCH3 is 1. The summed E-state index contributed by atoms with van der Waals surface area (Å²) in [7, 11) is 1.70. The third kappa shape index (κ3) is 2.42. The van der Waals surface area contributed by atoms with Crippen molar-refractivity contribution in [3.8, 4) is 22.6 Å². The van der Waals surface area contributed by atoms with Crippen molar-refractivity contribution in [1.29, 1.82) is 0 Å². The molecule has 0 saturated heterocycles. The molecule has 1 aliphatic rings. The molecule has 4 rings (SSSR count). The molecule has 0 aliphatic carbocycles. The molecule has 0 atom stereocenters. The van der Waals surface area contributed by atoms with Crippen LogP contribution < -0.4 is 15.2 Å². The zero-order valence-electron chi connectivity index (χ0n) is 15.1. The first-order chi connectivity index (χ1) is 11.9. The maximum Gasteiger partial charge on any atom is 0.165 e. The van der Waals surface area contributed by atoms with Gasteiger partial charge in [-0.3, -0.25) is 0 Å². The average molecular weight is 333 g/mol. The molecule has 1 heterocycles. The zero-order chi connectivity index (χ0) is 17.8. The van der Waals surface area contributed by atoms with E-state index in [1.165, 1.54) is 16.3 Å². The van der Waals surface area contributed by atoms with Gasteiger partial charge in [0.15, 0.2) is 11.5 Å². The van der Waals surface area contributed by atoms with Crippen LogP contribution >= 0.6 is 0 Å². The third-order valence-electron chi connectivity index (χ3n) is 4.94. The molecule has 0 bridgehead atoms. The van der Waals surface area contributed by atoms with E-state index in [1.807, 2.05) is 18.2 Å². The van der Waals surface area contributed by atoms with Gasteiger partial charge in [0.25, 0.3) is 0 Å². The Bertz CT molecular complexity index is 975. The minimum Gasteiger partial charge on any atom is -0.493 e. The summed E-state index contributed by atoms with van der Waals surface area (Å²) in [4.78, 5) is 0. The molecule has 3 aromatic rings. The van der Waals surface area contributed by atoms with Gasteiger partial charge in [-0.25, -0.2) is 0 Å². The predicted octanol–water partition coefficient (Wildman–Crippen LogP) is 5.12. The lowest BCUT2D eigenvalue weighted by Gasteiger charge is -2.18. The first-order valence-corrected chi connectivity index (χ1v) is 8.58. The standard InChI is InChI=1S/C22H23NO2/c1-13-10-17(23)19(14-8-6-5-7-9-14)20-15(13)11-18(24-4)21-16(20)12-22(2,3)25-21/h5-11H,12,23H2,1-4H3. The van der Waals surface area contributed by atoms with E-state index in [9.17, 15) is 0 Å². The van der Waals surface area contributed by atoms with E-state index in [1.54, 1.807) is 7.11 Å². The number of hydrogen-bond acceptors (Lipinski definition) is 3. The molecular formula is C22H23NO2. The van der Waals surface area contributed by atoms with Crippen molar-refractivity contribution in [2.24, 2.45) is 0 Å². The van der Waals surface area contributed by atoms with Gasteiger partial charge in [0, 0.05) is 23.2 Å². The van der Waals surface area contributed by atoms with Gasteiger partial charge in [0.2, 0.25) is 0 Å². The summed E-state index contributed by atoms with van der Waals surface area (Å²) in [5.41, 5.74) is 11.6. The van der Waals surface area contributed by atoms with E-state index in [2.05, 4.69) is 45.0 Å². The number of nitrogen functional groups attached to an aromatic ring is 1. The third-order valence-corrected chi connectivity index (χ3v) is 4.94. The highest BCUT2D eigenvalue weighted by Gasteiger charge is 2.35. The van der Waals surface area contributed by atoms with Crippen molar-refractivity contribution in [1.82, 2.24) is 0 Å². The molecule has 0 aromatic heterocycles. The van der Waals surface area contributed by atoms with Crippen LogP contribution in [0.3, 0.4) is 0 Å². The molecule has 2 N–H and O–H groups in total. The Balaban J connectivity index is 2.16. The largest absolute Gasteiger partial charge is 0.493 e. The second-order valence-electron chi connectivity index (χ2n) is 7.37. The van der Waals surface area contributed by atoms with Gasteiger partial charge >= 0.3 is 0 Å². The van der Waals surface area contributed by atoms with E-state index in [4.69, 9.17) is 15.2 Å². The molecule has 1 aliphatic heterocycles. The van der Waals surface area contributed by atoms with Crippen molar-refractivity contribution < 1.29 is 9.47 Å². The van der Waals surface area contributed by atoms with E-state index in [0.29, 0.717) is 0 Å². The fourth-order valence-corrected chi connectivity index (χ4v) is 3.90. The van der Waals surface area contributed by atoms with E-state index >= 15 is 0 Å². The molecule has 3 heteroatoms. The molecule has 0 spiro atoms. The zero-order valence-corrected chi connectivity index (χ0v) is 15.1. The molecule has 0 saturated carbocycles. The Kier molecular flexibility index (Phi) is 3.43. The average Bonchev–Trinajstić information content (AvgIpc) is 2.90. The number of benzene rings is 3. The lowest BCUT2D eigenvalue weighted by atomic mass is 9.88. The van der Waals surface area contributed by atoms with Crippen LogP contribution in [0, 0.1) is 6.92 Å². The topological polar surface area (TPSA) is 44.5 Å². The van der Waals surface area contributed by atoms with Crippen LogP contribution in [-0.4, -0.2) is 12.7 Å². The molecule has 3 aromatic carbocycles. The fraction of sp³-hybridized carbons (Fsp3) is 0.273. The van der Waals surface area contributed by atoms with E-state index in [0.717, 1.165) is 40.3 Å². The van der Waals surface area contributed by atoms with Gasteiger partial charge in [-0.05, 0) is 54.8 Å². The van der Waals surface area contributed by atoms with E-state index in [-0.39, 0.29) is 5.60 Å². The number of nitrogens with two attached hydrogens (primary N) is 1.